The number of carbonyl (C=O) groups is 1. The van der Waals surface area contributed by atoms with Crippen LogP contribution in [0.2, 0.25) is 0 Å². The molecule has 3 aromatic rings. The lowest BCUT2D eigenvalue weighted by Crippen LogP contribution is -2.38. The minimum absolute atomic E-state index is 0.143. The van der Waals surface area contributed by atoms with Gasteiger partial charge in [0.15, 0.2) is 11.0 Å². The van der Waals surface area contributed by atoms with E-state index in [4.69, 9.17) is 0 Å². The molecule has 0 bridgehead atoms. The number of halogens is 1. The minimum Gasteiger partial charge on any atom is -0.342 e. The van der Waals surface area contributed by atoms with Crippen molar-refractivity contribution >= 4 is 17.7 Å². The van der Waals surface area contributed by atoms with Gasteiger partial charge >= 0.3 is 0 Å². The van der Waals surface area contributed by atoms with Crippen molar-refractivity contribution < 1.29 is 9.18 Å². The highest BCUT2D eigenvalue weighted by Gasteiger charge is 2.22. The predicted octanol–water partition coefficient (Wildman–Crippen LogP) is 4.48. The first-order valence-electron chi connectivity index (χ1n) is 10.2. The molecule has 7 heteroatoms. The van der Waals surface area contributed by atoms with Gasteiger partial charge in [0.2, 0.25) is 5.91 Å². The smallest absolute Gasteiger partial charge is 0.233 e. The zero-order valence-electron chi connectivity index (χ0n) is 17.0. The summed E-state index contributed by atoms with van der Waals surface area (Å²) in [6, 6.07) is 16.3. The Morgan fingerprint density at radius 2 is 1.77 bits per heavy atom. The fourth-order valence-corrected chi connectivity index (χ4v) is 4.43. The molecule has 1 fully saturated rings. The number of thioether (sulfide) groups is 1. The standard InChI is InChI=1S/C23H25FN4OS/c1-17-11-13-27(14-12-17)21(29)16-30-23-26-25-22(19-7-9-20(24)10-8-19)28(23)15-18-5-3-2-4-6-18/h2-10,17H,11-16H2,1H3. The van der Waals surface area contributed by atoms with Crippen molar-refractivity contribution in [3.63, 3.8) is 0 Å². The highest BCUT2D eigenvalue weighted by Crippen LogP contribution is 2.26. The van der Waals surface area contributed by atoms with Gasteiger partial charge < -0.3 is 4.90 Å². The van der Waals surface area contributed by atoms with E-state index in [-0.39, 0.29) is 11.7 Å². The van der Waals surface area contributed by atoms with Gasteiger partial charge in [-0.3, -0.25) is 9.36 Å². The Kier molecular flexibility index (Phi) is 6.47. The van der Waals surface area contributed by atoms with Crippen LogP contribution < -0.4 is 0 Å². The second-order valence-corrected chi connectivity index (χ2v) is 8.68. The Labute approximate surface area is 180 Å². The summed E-state index contributed by atoms with van der Waals surface area (Å²) in [7, 11) is 0. The number of hydrogen-bond donors (Lipinski definition) is 0. The molecule has 2 heterocycles. The third-order valence-electron chi connectivity index (χ3n) is 5.46. The molecule has 0 aliphatic carbocycles. The van der Waals surface area contributed by atoms with Gasteiger partial charge in [-0.25, -0.2) is 4.39 Å². The third kappa shape index (κ3) is 4.90. The van der Waals surface area contributed by atoms with E-state index < -0.39 is 0 Å². The van der Waals surface area contributed by atoms with Crippen LogP contribution >= 0.6 is 11.8 Å². The van der Waals surface area contributed by atoms with Gasteiger partial charge in [-0.05, 0) is 48.6 Å². The molecule has 1 aliphatic rings. The number of piperidine rings is 1. The minimum atomic E-state index is -0.288. The van der Waals surface area contributed by atoms with E-state index in [1.807, 2.05) is 39.8 Å². The van der Waals surface area contributed by atoms with E-state index in [2.05, 4.69) is 17.1 Å². The Balaban J connectivity index is 1.54. The fourth-order valence-electron chi connectivity index (χ4n) is 3.59. The molecule has 0 atom stereocenters. The van der Waals surface area contributed by atoms with Crippen molar-refractivity contribution in [1.29, 1.82) is 0 Å². The quantitative estimate of drug-likeness (QED) is 0.548. The zero-order chi connectivity index (χ0) is 20.9. The molecule has 1 aromatic heterocycles. The fraction of sp³-hybridized carbons (Fsp3) is 0.348. The van der Waals surface area contributed by atoms with Gasteiger partial charge in [-0.15, -0.1) is 10.2 Å². The van der Waals surface area contributed by atoms with Crippen molar-refractivity contribution in [1.82, 2.24) is 19.7 Å². The molecular formula is C23H25FN4OS. The summed E-state index contributed by atoms with van der Waals surface area (Å²) < 4.78 is 15.4. The maximum atomic E-state index is 13.4. The van der Waals surface area contributed by atoms with Gasteiger partial charge in [0.05, 0.1) is 12.3 Å². The van der Waals surface area contributed by atoms with Crippen LogP contribution in [0, 0.1) is 11.7 Å². The van der Waals surface area contributed by atoms with Crippen LogP contribution in [0.1, 0.15) is 25.3 Å². The van der Waals surface area contributed by atoms with Crippen molar-refractivity contribution in [3.05, 3.63) is 66.0 Å². The number of rotatable bonds is 6. The molecule has 0 N–H and O–H groups in total. The van der Waals surface area contributed by atoms with E-state index in [9.17, 15) is 9.18 Å². The molecule has 1 amide bonds. The van der Waals surface area contributed by atoms with Gasteiger partial charge in [-0.2, -0.15) is 0 Å². The molecule has 30 heavy (non-hydrogen) atoms. The number of amides is 1. The molecule has 4 rings (SSSR count). The first-order valence-corrected chi connectivity index (χ1v) is 11.2. The normalized spacial score (nSPS) is 14.8. The monoisotopic (exact) mass is 424 g/mol. The largest absolute Gasteiger partial charge is 0.342 e. The second kappa shape index (κ2) is 9.43. The Morgan fingerprint density at radius 3 is 2.47 bits per heavy atom. The van der Waals surface area contributed by atoms with Gasteiger partial charge in [0.1, 0.15) is 5.82 Å². The summed E-state index contributed by atoms with van der Waals surface area (Å²) in [5, 5.41) is 9.40. The van der Waals surface area contributed by atoms with Crippen LogP contribution in [0.4, 0.5) is 4.39 Å². The molecule has 0 spiro atoms. The number of nitrogens with zero attached hydrogens (tertiary/aromatic N) is 4. The second-order valence-electron chi connectivity index (χ2n) is 7.74. The highest BCUT2D eigenvalue weighted by molar-refractivity contribution is 7.99. The highest BCUT2D eigenvalue weighted by atomic mass is 32.2. The molecule has 5 nitrogen and oxygen atoms in total. The van der Waals surface area contributed by atoms with Crippen molar-refractivity contribution in [2.24, 2.45) is 5.92 Å². The maximum absolute atomic E-state index is 13.4. The summed E-state index contributed by atoms with van der Waals surface area (Å²) in [5.41, 5.74) is 1.90. The van der Waals surface area contributed by atoms with Gasteiger partial charge in [-0.1, -0.05) is 49.0 Å². The molecule has 1 saturated heterocycles. The number of aromatic nitrogens is 3. The van der Waals surface area contributed by atoms with Crippen LogP contribution in [0.3, 0.4) is 0 Å². The lowest BCUT2D eigenvalue weighted by molar-refractivity contribution is -0.129. The van der Waals surface area contributed by atoms with E-state index in [1.165, 1.54) is 23.9 Å². The van der Waals surface area contributed by atoms with Crippen LogP contribution in [0.5, 0.6) is 0 Å². The topological polar surface area (TPSA) is 51.0 Å². The van der Waals surface area contributed by atoms with E-state index in [0.717, 1.165) is 37.1 Å². The number of hydrogen-bond acceptors (Lipinski definition) is 4. The van der Waals surface area contributed by atoms with E-state index in [1.54, 1.807) is 12.1 Å². The maximum Gasteiger partial charge on any atom is 0.233 e. The van der Waals surface area contributed by atoms with Crippen LogP contribution in [0.15, 0.2) is 59.8 Å². The average molecular weight is 425 g/mol. The molecular weight excluding hydrogens is 399 g/mol. The molecule has 156 valence electrons. The average Bonchev–Trinajstić information content (AvgIpc) is 3.16. The van der Waals surface area contributed by atoms with E-state index >= 15 is 0 Å². The SMILES string of the molecule is CC1CCN(C(=O)CSc2nnc(-c3ccc(F)cc3)n2Cc2ccccc2)CC1. The van der Waals surface area contributed by atoms with Crippen molar-refractivity contribution in [2.75, 3.05) is 18.8 Å². The van der Waals surface area contributed by atoms with Gasteiger partial charge in [0, 0.05) is 18.7 Å². The summed E-state index contributed by atoms with van der Waals surface area (Å²) in [4.78, 5) is 14.6. The molecule has 1 aliphatic heterocycles. The summed E-state index contributed by atoms with van der Waals surface area (Å²) in [5.74, 6) is 1.55. The summed E-state index contributed by atoms with van der Waals surface area (Å²) in [6.45, 7) is 4.48. The third-order valence-corrected chi connectivity index (χ3v) is 6.42. The summed E-state index contributed by atoms with van der Waals surface area (Å²) >= 11 is 1.41. The lowest BCUT2D eigenvalue weighted by atomic mass is 9.99. The number of carbonyl (C=O) groups excluding carboxylic acids is 1. The van der Waals surface area contributed by atoms with Crippen LogP contribution in [-0.4, -0.2) is 44.4 Å². The zero-order valence-corrected chi connectivity index (χ0v) is 17.8. The van der Waals surface area contributed by atoms with Crippen molar-refractivity contribution in [3.8, 4) is 11.4 Å². The first-order chi connectivity index (χ1) is 14.6. The Hall–Kier alpha value is -2.67. The van der Waals surface area contributed by atoms with Crippen molar-refractivity contribution in [2.45, 2.75) is 31.5 Å². The van der Waals surface area contributed by atoms with Crippen LogP contribution in [0.25, 0.3) is 11.4 Å². The number of benzene rings is 2. The predicted molar refractivity (Wildman–Crippen MR) is 117 cm³/mol. The molecule has 2 aromatic carbocycles. The Morgan fingerprint density at radius 1 is 1.07 bits per heavy atom. The molecule has 0 unspecified atom stereocenters. The van der Waals surface area contributed by atoms with Crippen LogP contribution in [-0.2, 0) is 11.3 Å². The van der Waals surface area contributed by atoms with E-state index in [0.29, 0.717) is 29.2 Å². The first kappa shape index (κ1) is 20.6. The number of likely N-dealkylation sites (tertiary alicyclic amines) is 1. The van der Waals surface area contributed by atoms with Gasteiger partial charge in [0.25, 0.3) is 0 Å². The Bertz CT molecular complexity index is 982. The summed E-state index contributed by atoms with van der Waals surface area (Å²) in [6.07, 6.45) is 2.13. The molecule has 0 saturated carbocycles. The molecule has 0 radical (unpaired) electrons. The lowest BCUT2D eigenvalue weighted by Gasteiger charge is -2.30.